The van der Waals surface area contributed by atoms with Gasteiger partial charge in [0.1, 0.15) is 0 Å². The number of nitrogens with one attached hydrogen (secondary N) is 1. The zero-order chi connectivity index (χ0) is 13.5. The average molecular weight is 324 g/mol. The highest BCUT2D eigenvalue weighted by molar-refractivity contribution is 7.16. The molecule has 3 fully saturated rings. The lowest BCUT2D eigenvalue weighted by molar-refractivity contribution is 0.0620. The van der Waals surface area contributed by atoms with Crippen molar-refractivity contribution in [3.05, 3.63) is 29.3 Å². The van der Waals surface area contributed by atoms with Crippen LogP contribution in [-0.4, -0.2) is 41.5 Å². The Bertz CT molecular complexity index is 651. The molecule has 3 aliphatic rings. The van der Waals surface area contributed by atoms with Crippen molar-refractivity contribution in [3.63, 3.8) is 0 Å². The number of thiazole rings is 1. The van der Waals surface area contributed by atoms with Crippen molar-refractivity contribution < 1.29 is 4.79 Å². The van der Waals surface area contributed by atoms with Gasteiger partial charge in [-0.3, -0.25) is 4.79 Å². The van der Waals surface area contributed by atoms with Crippen LogP contribution in [0.2, 0.25) is 0 Å². The van der Waals surface area contributed by atoms with Crippen molar-refractivity contribution in [2.75, 3.05) is 19.6 Å². The molecule has 1 atom stereocenters. The second-order valence-corrected chi connectivity index (χ2v) is 6.64. The van der Waals surface area contributed by atoms with E-state index < -0.39 is 0 Å². The Morgan fingerprint density at radius 3 is 2.86 bits per heavy atom. The number of aromatic nitrogens is 1. The van der Waals surface area contributed by atoms with Crippen molar-refractivity contribution in [1.82, 2.24) is 15.2 Å². The minimum Gasteiger partial charge on any atom is -0.348 e. The van der Waals surface area contributed by atoms with E-state index in [-0.39, 0.29) is 18.3 Å². The van der Waals surface area contributed by atoms with Gasteiger partial charge in [-0.2, -0.15) is 0 Å². The molecule has 0 aliphatic carbocycles. The molecule has 112 valence electrons. The highest BCUT2D eigenvalue weighted by Gasteiger charge is 2.34. The summed E-state index contributed by atoms with van der Waals surface area (Å²) in [6, 6.07) is 6.07. The first-order valence-electron chi connectivity index (χ1n) is 7.16. The summed E-state index contributed by atoms with van der Waals surface area (Å²) in [5.74, 6) is 0.718. The smallest absolute Gasteiger partial charge is 0.251 e. The monoisotopic (exact) mass is 323 g/mol. The van der Waals surface area contributed by atoms with Crippen molar-refractivity contribution in [3.8, 4) is 0 Å². The highest BCUT2D eigenvalue weighted by atomic mass is 35.5. The third-order valence-electron chi connectivity index (χ3n) is 4.57. The standard InChI is InChI=1S/C15H17N3OS.ClH/c19-15(11-1-2-12-14(7-11)20-9-16-12)17-13-8-18-5-3-10(13)4-6-18;/h1-2,7,9-10,13H,3-6,8H2,(H,17,19);1H/t13-;/m0./s1. The Hall–Kier alpha value is -1.17. The van der Waals surface area contributed by atoms with Gasteiger partial charge in [-0.05, 0) is 50.0 Å². The molecule has 1 aromatic heterocycles. The molecule has 21 heavy (non-hydrogen) atoms. The maximum absolute atomic E-state index is 12.4. The van der Waals surface area contributed by atoms with Gasteiger partial charge in [0.15, 0.2) is 0 Å². The van der Waals surface area contributed by atoms with Crippen LogP contribution in [-0.2, 0) is 0 Å². The fourth-order valence-electron chi connectivity index (χ4n) is 3.38. The summed E-state index contributed by atoms with van der Waals surface area (Å²) in [5, 5.41) is 3.23. The van der Waals surface area contributed by atoms with Crippen LogP contribution in [0, 0.1) is 5.92 Å². The molecule has 5 rings (SSSR count). The van der Waals surface area contributed by atoms with Gasteiger partial charge in [-0.1, -0.05) is 0 Å². The predicted molar refractivity (Wildman–Crippen MR) is 87.3 cm³/mol. The van der Waals surface area contributed by atoms with E-state index in [9.17, 15) is 4.79 Å². The first kappa shape index (κ1) is 14.8. The molecule has 4 heterocycles. The molecule has 0 spiro atoms. The number of carbonyl (C=O) groups excluding carboxylic acids is 1. The molecule has 3 saturated heterocycles. The quantitative estimate of drug-likeness (QED) is 0.923. The van der Waals surface area contributed by atoms with E-state index in [1.807, 2.05) is 23.7 Å². The predicted octanol–water partition coefficient (Wildman–Crippen LogP) is 2.54. The second kappa shape index (κ2) is 5.91. The van der Waals surface area contributed by atoms with Crippen LogP contribution in [0.3, 0.4) is 0 Å². The Kier molecular flexibility index (Phi) is 4.15. The number of benzene rings is 1. The van der Waals surface area contributed by atoms with Gasteiger partial charge in [-0.25, -0.2) is 4.98 Å². The SMILES string of the molecule is Cl.O=C(N[C@H]1CN2CCC1CC2)c1ccc2ncsc2c1. The molecule has 0 radical (unpaired) electrons. The van der Waals surface area contributed by atoms with Crippen LogP contribution in [0.4, 0.5) is 0 Å². The van der Waals surface area contributed by atoms with Crippen LogP contribution in [0.25, 0.3) is 10.2 Å². The molecule has 2 aromatic rings. The summed E-state index contributed by atoms with van der Waals surface area (Å²) in [6.45, 7) is 3.41. The number of carbonyl (C=O) groups is 1. The molecule has 4 nitrogen and oxygen atoms in total. The van der Waals surface area contributed by atoms with E-state index in [0.29, 0.717) is 12.0 Å². The van der Waals surface area contributed by atoms with E-state index in [2.05, 4.69) is 15.2 Å². The largest absolute Gasteiger partial charge is 0.348 e. The lowest BCUT2D eigenvalue weighted by atomic mass is 9.84. The molecule has 1 amide bonds. The van der Waals surface area contributed by atoms with Gasteiger partial charge in [0.25, 0.3) is 5.91 Å². The second-order valence-electron chi connectivity index (χ2n) is 5.75. The number of hydrogen-bond donors (Lipinski definition) is 1. The number of fused-ring (bicyclic) bond motifs is 4. The third-order valence-corrected chi connectivity index (χ3v) is 5.36. The van der Waals surface area contributed by atoms with Gasteiger partial charge in [0, 0.05) is 18.2 Å². The maximum Gasteiger partial charge on any atom is 0.251 e. The Morgan fingerprint density at radius 1 is 1.33 bits per heavy atom. The van der Waals surface area contributed by atoms with Gasteiger partial charge < -0.3 is 10.2 Å². The molecule has 1 N–H and O–H groups in total. The van der Waals surface area contributed by atoms with Crippen LogP contribution in [0.1, 0.15) is 23.2 Å². The molecule has 0 unspecified atom stereocenters. The van der Waals surface area contributed by atoms with Gasteiger partial charge in [0.05, 0.1) is 15.7 Å². The van der Waals surface area contributed by atoms with Crippen LogP contribution in [0.5, 0.6) is 0 Å². The topological polar surface area (TPSA) is 45.2 Å². The maximum atomic E-state index is 12.4. The first-order valence-corrected chi connectivity index (χ1v) is 8.04. The fourth-order valence-corrected chi connectivity index (χ4v) is 4.09. The van der Waals surface area contributed by atoms with Crippen LogP contribution >= 0.6 is 23.7 Å². The Labute approximate surface area is 134 Å². The van der Waals surface area contributed by atoms with E-state index >= 15 is 0 Å². The van der Waals surface area contributed by atoms with E-state index in [1.54, 1.807) is 11.3 Å². The van der Waals surface area contributed by atoms with Crippen molar-refractivity contribution >= 4 is 39.9 Å². The zero-order valence-corrected chi connectivity index (χ0v) is 13.3. The molecule has 2 bridgehead atoms. The summed E-state index contributed by atoms with van der Waals surface area (Å²) in [5.41, 5.74) is 3.53. The molecule has 3 aliphatic heterocycles. The van der Waals surface area contributed by atoms with Gasteiger partial charge in [-0.15, -0.1) is 23.7 Å². The minimum atomic E-state index is 0. The van der Waals surface area contributed by atoms with E-state index in [0.717, 1.165) is 22.3 Å². The number of halogens is 1. The normalized spacial score (nSPS) is 27.3. The summed E-state index contributed by atoms with van der Waals surface area (Å²) in [6.07, 6.45) is 2.44. The van der Waals surface area contributed by atoms with Crippen LogP contribution < -0.4 is 5.32 Å². The lowest BCUT2D eigenvalue weighted by Gasteiger charge is -2.44. The highest BCUT2D eigenvalue weighted by Crippen LogP contribution is 2.28. The number of rotatable bonds is 2. The lowest BCUT2D eigenvalue weighted by Crippen LogP contribution is -2.57. The van der Waals surface area contributed by atoms with E-state index in [4.69, 9.17) is 0 Å². The number of amides is 1. The van der Waals surface area contributed by atoms with Crippen molar-refractivity contribution in [2.24, 2.45) is 5.92 Å². The molecule has 1 aromatic carbocycles. The fraction of sp³-hybridized carbons (Fsp3) is 0.467. The molecule has 0 saturated carbocycles. The number of hydrogen-bond acceptors (Lipinski definition) is 4. The molecular formula is C15H18ClN3OS. The summed E-state index contributed by atoms with van der Waals surface area (Å²) >= 11 is 1.58. The van der Waals surface area contributed by atoms with E-state index in [1.165, 1.54) is 25.9 Å². The van der Waals surface area contributed by atoms with Gasteiger partial charge >= 0.3 is 0 Å². The van der Waals surface area contributed by atoms with Gasteiger partial charge in [0.2, 0.25) is 0 Å². The summed E-state index contributed by atoms with van der Waals surface area (Å²) in [4.78, 5) is 19.1. The molecular weight excluding hydrogens is 306 g/mol. The molecule has 6 heteroatoms. The minimum absolute atomic E-state index is 0. The number of nitrogens with zero attached hydrogens (tertiary/aromatic N) is 2. The average Bonchev–Trinajstić information content (AvgIpc) is 2.96. The zero-order valence-electron chi connectivity index (χ0n) is 11.6. The summed E-state index contributed by atoms with van der Waals surface area (Å²) < 4.78 is 1.08. The van der Waals surface area contributed by atoms with Crippen molar-refractivity contribution in [1.29, 1.82) is 0 Å². The summed E-state index contributed by atoms with van der Waals surface area (Å²) in [7, 11) is 0. The first-order chi connectivity index (χ1) is 9.79. The Morgan fingerprint density at radius 2 is 2.14 bits per heavy atom. The van der Waals surface area contributed by atoms with Crippen LogP contribution in [0.15, 0.2) is 23.7 Å². The third kappa shape index (κ3) is 2.78. The number of piperidine rings is 3. The van der Waals surface area contributed by atoms with Crippen molar-refractivity contribution in [2.45, 2.75) is 18.9 Å². The Balaban J connectivity index is 0.00000132.